The van der Waals surface area contributed by atoms with E-state index >= 15 is 0 Å². The highest BCUT2D eigenvalue weighted by molar-refractivity contribution is 9.10. The Balaban J connectivity index is 1.60. The average Bonchev–Trinajstić information content (AvgIpc) is 3.22. The van der Waals surface area contributed by atoms with E-state index in [0.717, 1.165) is 47.7 Å². The SMILES string of the molecule is Cc1cc(Br)cc(C(=O)N2CCN(CC3CC3)CC2)c1. The summed E-state index contributed by atoms with van der Waals surface area (Å²) in [5.74, 6) is 1.10. The molecule has 1 saturated carbocycles. The number of carbonyl (C=O) groups excluding carboxylic acids is 1. The van der Waals surface area contributed by atoms with E-state index in [4.69, 9.17) is 0 Å². The first-order chi connectivity index (χ1) is 9.61. The molecule has 0 spiro atoms. The number of hydrogen-bond acceptors (Lipinski definition) is 2. The number of halogens is 1. The summed E-state index contributed by atoms with van der Waals surface area (Å²) >= 11 is 3.47. The molecule has 1 aliphatic heterocycles. The minimum atomic E-state index is 0.167. The second-order valence-corrected chi connectivity index (χ2v) is 6.97. The maximum absolute atomic E-state index is 12.5. The van der Waals surface area contributed by atoms with Gasteiger partial charge >= 0.3 is 0 Å². The molecule has 1 heterocycles. The van der Waals surface area contributed by atoms with Gasteiger partial charge in [0, 0.05) is 42.8 Å². The van der Waals surface area contributed by atoms with Crippen LogP contribution in [-0.2, 0) is 0 Å². The van der Waals surface area contributed by atoms with Crippen molar-refractivity contribution in [3.63, 3.8) is 0 Å². The lowest BCUT2D eigenvalue weighted by Gasteiger charge is -2.34. The number of aryl methyl sites for hydroxylation is 1. The van der Waals surface area contributed by atoms with Crippen LogP contribution in [0.15, 0.2) is 22.7 Å². The van der Waals surface area contributed by atoms with Gasteiger partial charge in [-0.3, -0.25) is 9.69 Å². The molecule has 20 heavy (non-hydrogen) atoms. The van der Waals surface area contributed by atoms with Gasteiger partial charge < -0.3 is 4.90 Å². The van der Waals surface area contributed by atoms with E-state index in [1.165, 1.54) is 19.4 Å². The molecule has 0 N–H and O–H groups in total. The van der Waals surface area contributed by atoms with Gasteiger partial charge in [0.15, 0.2) is 0 Å². The second kappa shape index (κ2) is 5.86. The minimum absolute atomic E-state index is 0.167. The fourth-order valence-corrected chi connectivity index (χ4v) is 3.45. The highest BCUT2D eigenvalue weighted by Crippen LogP contribution is 2.30. The Bertz CT molecular complexity index is 485. The summed E-state index contributed by atoms with van der Waals surface area (Å²) in [4.78, 5) is 17.0. The van der Waals surface area contributed by atoms with E-state index in [9.17, 15) is 4.79 Å². The van der Waals surface area contributed by atoms with E-state index in [1.54, 1.807) is 0 Å². The van der Waals surface area contributed by atoms with Crippen LogP contribution >= 0.6 is 15.9 Å². The van der Waals surface area contributed by atoms with Crippen molar-refractivity contribution in [1.29, 1.82) is 0 Å². The van der Waals surface area contributed by atoms with Gasteiger partial charge in [0.2, 0.25) is 0 Å². The molecule has 3 nitrogen and oxygen atoms in total. The molecule has 3 rings (SSSR count). The van der Waals surface area contributed by atoms with Gasteiger partial charge in [0.05, 0.1) is 0 Å². The summed E-state index contributed by atoms with van der Waals surface area (Å²) in [6.07, 6.45) is 2.80. The van der Waals surface area contributed by atoms with Gasteiger partial charge in [-0.05, 0) is 49.4 Å². The Morgan fingerprint density at radius 2 is 1.90 bits per heavy atom. The van der Waals surface area contributed by atoms with Crippen LogP contribution in [0.25, 0.3) is 0 Å². The minimum Gasteiger partial charge on any atom is -0.336 e. The lowest BCUT2D eigenvalue weighted by atomic mass is 10.1. The van der Waals surface area contributed by atoms with Gasteiger partial charge in [0.25, 0.3) is 5.91 Å². The molecule has 0 aromatic heterocycles. The van der Waals surface area contributed by atoms with Crippen molar-refractivity contribution in [2.75, 3.05) is 32.7 Å². The molecule has 0 bridgehead atoms. The number of carbonyl (C=O) groups is 1. The zero-order valence-electron chi connectivity index (χ0n) is 11.9. The first-order valence-electron chi connectivity index (χ1n) is 7.40. The fourth-order valence-electron chi connectivity index (χ4n) is 2.84. The van der Waals surface area contributed by atoms with Gasteiger partial charge in [-0.15, -0.1) is 0 Å². The maximum Gasteiger partial charge on any atom is 0.253 e. The zero-order valence-corrected chi connectivity index (χ0v) is 13.5. The third kappa shape index (κ3) is 3.41. The molecule has 4 heteroatoms. The van der Waals surface area contributed by atoms with Crippen molar-refractivity contribution >= 4 is 21.8 Å². The number of amides is 1. The van der Waals surface area contributed by atoms with E-state index in [1.807, 2.05) is 30.0 Å². The molecule has 1 amide bonds. The molecule has 2 aliphatic rings. The number of piperazine rings is 1. The van der Waals surface area contributed by atoms with Crippen LogP contribution in [0.5, 0.6) is 0 Å². The normalized spacial score (nSPS) is 20.2. The highest BCUT2D eigenvalue weighted by Gasteiger charge is 2.27. The summed E-state index contributed by atoms with van der Waals surface area (Å²) in [5, 5.41) is 0. The van der Waals surface area contributed by atoms with Gasteiger partial charge in [-0.2, -0.15) is 0 Å². The van der Waals surface area contributed by atoms with Crippen LogP contribution < -0.4 is 0 Å². The molecule has 2 fully saturated rings. The Hall–Kier alpha value is -0.870. The first kappa shape index (κ1) is 14.1. The Kier molecular flexibility index (Phi) is 4.13. The quantitative estimate of drug-likeness (QED) is 0.847. The largest absolute Gasteiger partial charge is 0.336 e. The Labute approximate surface area is 129 Å². The van der Waals surface area contributed by atoms with Crippen LogP contribution in [0.1, 0.15) is 28.8 Å². The van der Waals surface area contributed by atoms with Crippen molar-refractivity contribution in [2.24, 2.45) is 5.92 Å². The summed E-state index contributed by atoms with van der Waals surface area (Å²) in [5.41, 5.74) is 1.92. The van der Waals surface area contributed by atoms with Crippen molar-refractivity contribution < 1.29 is 4.79 Å². The third-order valence-corrected chi connectivity index (χ3v) is 4.62. The Morgan fingerprint density at radius 1 is 1.20 bits per heavy atom. The van der Waals surface area contributed by atoms with Crippen LogP contribution in [0.3, 0.4) is 0 Å². The average molecular weight is 337 g/mol. The third-order valence-electron chi connectivity index (χ3n) is 4.16. The van der Waals surface area contributed by atoms with Crippen molar-refractivity contribution in [2.45, 2.75) is 19.8 Å². The molecular formula is C16H21BrN2O. The van der Waals surface area contributed by atoms with E-state index < -0.39 is 0 Å². The topological polar surface area (TPSA) is 23.6 Å². The van der Waals surface area contributed by atoms with Gasteiger partial charge in [-0.25, -0.2) is 0 Å². The molecular weight excluding hydrogens is 316 g/mol. The molecule has 1 aromatic carbocycles. The summed E-state index contributed by atoms with van der Waals surface area (Å²) in [6.45, 7) is 7.02. The summed E-state index contributed by atoms with van der Waals surface area (Å²) in [7, 11) is 0. The van der Waals surface area contributed by atoms with E-state index in [2.05, 4.69) is 20.8 Å². The lowest BCUT2D eigenvalue weighted by Crippen LogP contribution is -2.49. The van der Waals surface area contributed by atoms with Crippen LogP contribution in [-0.4, -0.2) is 48.4 Å². The zero-order chi connectivity index (χ0) is 14.1. The van der Waals surface area contributed by atoms with E-state index in [-0.39, 0.29) is 5.91 Å². The van der Waals surface area contributed by atoms with Crippen molar-refractivity contribution in [3.8, 4) is 0 Å². The molecule has 108 valence electrons. The fraction of sp³-hybridized carbons (Fsp3) is 0.562. The lowest BCUT2D eigenvalue weighted by molar-refractivity contribution is 0.0632. The number of hydrogen-bond donors (Lipinski definition) is 0. The van der Waals surface area contributed by atoms with Crippen molar-refractivity contribution in [3.05, 3.63) is 33.8 Å². The van der Waals surface area contributed by atoms with Crippen LogP contribution in [0, 0.1) is 12.8 Å². The molecule has 1 aliphatic carbocycles. The summed E-state index contributed by atoms with van der Waals surface area (Å²) < 4.78 is 0.980. The predicted molar refractivity (Wildman–Crippen MR) is 83.9 cm³/mol. The van der Waals surface area contributed by atoms with Gasteiger partial charge in [0.1, 0.15) is 0 Å². The first-order valence-corrected chi connectivity index (χ1v) is 8.20. The Morgan fingerprint density at radius 3 is 2.50 bits per heavy atom. The molecule has 0 atom stereocenters. The molecule has 0 unspecified atom stereocenters. The monoisotopic (exact) mass is 336 g/mol. The van der Waals surface area contributed by atoms with Crippen LogP contribution in [0.4, 0.5) is 0 Å². The smallest absolute Gasteiger partial charge is 0.253 e. The number of rotatable bonds is 3. The summed E-state index contributed by atoms with van der Waals surface area (Å²) in [6, 6.07) is 5.93. The molecule has 1 saturated heterocycles. The number of benzene rings is 1. The van der Waals surface area contributed by atoms with Crippen molar-refractivity contribution in [1.82, 2.24) is 9.80 Å². The van der Waals surface area contributed by atoms with Crippen LogP contribution in [0.2, 0.25) is 0 Å². The predicted octanol–water partition coefficient (Wildman–Crippen LogP) is 2.93. The highest BCUT2D eigenvalue weighted by atomic mass is 79.9. The van der Waals surface area contributed by atoms with E-state index in [0.29, 0.717) is 0 Å². The van der Waals surface area contributed by atoms with Gasteiger partial charge in [-0.1, -0.05) is 15.9 Å². The second-order valence-electron chi connectivity index (χ2n) is 6.05. The number of nitrogens with zero attached hydrogens (tertiary/aromatic N) is 2. The molecule has 0 radical (unpaired) electrons. The molecule has 1 aromatic rings. The standard InChI is InChI=1S/C16H21BrN2O/c1-12-8-14(10-15(17)9-12)16(20)19-6-4-18(5-7-19)11-13-2-3-13/h8-10,13H,2-7,11H2,1H3. The maximum atomic E-state index is 12.5.